The Morgan fingerprint density at radius 3 is 2.50 bits per heavy atom. The topological polar surface area (TPSA) is 98.4 Å². The fourth-order valence-electron chi connectivity index (χ4n) is 3.50. The Hall–Kier alpha value is -4.11. The molecule has 0 spiro atoms. The largest absolute Gasteiger partial charge is 0.465 e. The maximum atomic E-state index is 13.0. The zero-order valence-corrected chi connectivity index (χ0v) is 20.8. The van der Waals surface area contributed by atoms with Crippen molar-refractivity contribution in [3.05, 3.63) is 82.5 Å². The van der Waals surface area contributed by atoms with Crippen LogP contribution in [-0.2, 0) is 14.3 Å². The summed E-state index contributed by atoms with van der Waals surface area (Å²) in [6, 6.07) is 17.2. The number of hydrogen-bond donors (Lipinski definition) is 0. The standard InChI is InChI=1S/C27H24N2O6S/c1-4-29-24(30)23(36-27(29)28-20-8-6-7-19(15-20)25(31)33-3)16-21-13-14-22(35-21)17-9-11-18(12-10-17)26(32)34-5-2/h6-16H,4-5H2,1-3H3. The first kappa shape index (κ1) is 25.0. The molecule has 0 atom stereocenters. The minimum absolute atomic E-state index is 0.179. The number of amidine groups is 1. The van der Waals surface area contributed by atoms with Gasteiger partial charge in [-0.2, -0.15) is 0 Å². The molecule has 3 aromatic rings. The van der Waals surface area contributed by atoms with E-state index in [0.29, 0.717) is 51.6 Å². The lowest BCUT2D eigenvalue weighted by atomic mass is 10.1. The van der Waals surface area contributed by atoms with E-state index in [0.717, 1.165) is 5.56 Å². The number of furan rings is 1. The molecule has 0 unspecified atom stereocenters. The summed E-state index contributed by atoms with van der Waals surface area (Å²) in [6.07, 6.45) is 1.68. The van der Waals surface area contributed by atoms with Gasteiger partial charge in [-0.05, 0) is 68.1 Å². The van der Waals surface area contributed by atoms with Crippen LogP contribution in [-0.4, -0.2) is 48.2 Å². The summed E-state index contributed by atoms with van der Waals surface area (Å²) in [5, 5.41) is 0.511. The molecule has 2 aromatic carbocycles. The Kier molecular flexibility index (Phi) is 7.70. The Labute approximate surface area is 212 Å². The molecule has 0 saturated carbocycles. The highest BCUT2D eigenvalue weighted by atomic mass is 32.2. The first-order valence-electron chi connectivity index (χ1n) is 11.3. The number of carbonyl (C=O) groups is 3. The second-order valence-electron chi connectivity index (χ2n) is 7.60. The van der Waals surface area contributed by atoms with Gasteiger partial charge in [-0.25, -0.2) is 14.6 Å². The molecule has 1 fully saturated rings. The summed E-state index contributed by atoms with van der Waals surface area (Å²) in [4.78, 5) is 43.3. The van der Waals surface area contributed by atoms with Gasteiger partial charge in [0.2, 0.25) is 0 Å². The number of aliphatic imine (C=N–C) groups is 1. The van der Waals surface area contributed by atoms with Crippen LogP contribution in [0.2, 0.25) is 0 Å². The molecule has 8 nitrogen and oxygen atoms in total. The lowest BCUT2D eigenvalue weighted by Gasteiger charge is -2.12. The van der Waals surface area contributed by atoms with Gasteiger partial charge in [0, 0.05) is 18.2 Å². The van der Waals surface area contributed by atoms with Crippen molar-refractivity contribution in [3.8, 4) is 11.3 Å². The highest BCUT2D eigenvalue weighted by molar-refractivity contribution is 8.18. The Balaban J connectivity index is 1.55. The number of amides is 1. The number of likely N-dealkylation sites (N-methyl/N-ethyl adjacent to an activating group) is 1. The summed E-state index contributed by atoms with van der Waals surface area (Å²) in [7, 11) is 1.32. The second-order valence-corrected chi connectivity index (χ2v) is 8.61. The van der Waals surface area contributed by atoms with Gasteiger partial charge in [0.25, 0.3) is 5.91 Å². The zero-order valence-electron chi connectivity index (χ0n) is 20.0. The number of carbonyl (C=O) groups excluding carboxylic acids is 3. The van der Waals surface area contributed by atoms with E-state index in [1.54, 1.807) is 78.6 Å². The van der Waals surface area contributed by atoms with E-state index in [4.69, 9.17) is 13.9 Å². The van der Waals surface area contributed by atoms with Crippen molar-refractivity contribution in [3.63, 3.8) is 0 Å². The molecule has 0 N–H and O–H groups in total. The summed E-state index contributed by atoms with van der Waals surface area (Å²) in [5.41, 5.74) is 2.18. The molecule has 0 radical (unpaired) electrons. The van der Waals surface area contributed by atoms with E-state index in [1.807, 2.05) is 6.92 Å². The van der Waals surface area contributed by atoms with Crippen LogP contribution < -0.4 is 0 Å². The average Bonchev–Trinajstić information content (AvgIpc) is 3.48. The molecule has 1 saturated heterocycles. The molecule has 9 heteroatoms. The van der Waals surface area contributed by atoms with Crippen LogP contribution in [0.1, 0.15) is 40.3 Å². The number of rotatable bonds is 7. The van der Waals surface area contributed by atoms with Gasteiger partial charge in [0.1, 0.15) is 11.5 Å². The molecule has 1 aromatic heterocycles. The molecular formula is C27H24N2O6S. The normalized spacial score (nSPS) is 15.5. The zero-order chi connectivity index (χ0) is 25.7. The van der Waals surface area contributed by atoms with Crippen LogP contribution in [0.5, 0.6) is 0 Å². The van der Waals surface area contributed by atoms with Gasteiger partial charge in [0.05, 0.1) is 35.4 Å². The number of nitrogens with zero attached hydrogens (tertiary/aromatic N) is 2. The summed E-state index contributed by atoms with van der Waals surface area (Å²) in [5.74, 6) is 0.112. The van der Waals surface area contributed by atoms with Gasteiger partial charge >= 0.3 is 11.9 Å². The minimum Gasteiger partial charge on any atom is -0.465 e. The monoisotopic (exact) mass is 504 g/mol. The van der Waals surface area contributed by atoms with Gasteiger partial charge in [0.15, 0.2) is 5.17 Å². The first-order valence-corrected chi connectivity index (χ1v) is 12.1. The lowest BCUT2D eigenvalue weighted by molar-refractivity contribution is -0.122. The smallest absolute Gasteiger partial charge is 0.338 e. The molecule has 184 valence electrons. The second kappa shape index (κ2) is 11.1. The average molecular weight is 505 g/mol. The van der Waals surface area contributed by atoms with Crippen molar-refractivity contribution >= 4 is 46.5 Å². The predicted molar refractivity (Wildman–Crippen MR) is 138 cm³/mol. The molecule has 0 bridgehead atoms. The number of methoxy groups -OCH3 is 1. The van der Waals surface area contributed by atoms with E-state index in [9.17, 15) is 14.4 Å². The molecule has 4 rings (SSSR count). The van der Waals surface area contributed by atoms with Crippen LogP contribution >= 0.6 is 11.8 Å². The number of thioether (sulfide) groups is 1. The summed E-state index contributed by atoms with van der Waals surface area (Å²) in [6.45, 7) is 4.38. The summed E-state index contributed by atoms with van der Waals surface area (Å²) >= 11 is 1.24. The lowest BCUT2D eigenvalue weighted by Crippen LogP contribution is -2.28. The molecular weight excluding hydrogens is 480 g/mol. The number of hydrogen-bond acceptors (Lipinski definition) is 8. The van der Waals surface area contributed by atoms with E-state index in [1.165, 1.54) is 18.9 Å². The molecule has 1 amide bonds. The van der Waals surface area contributed by atoms with Gasteiger partial charge in [-0.3, -0.25) is 9.69 Å². The van der Waals surface area contributed by atoms with Gasteiger partial charge in [-0.15, -0.1) is 0 Å². The molecule has 2 heterocycles. The first-order chi connectivity index (χ1) is 17.4. The fourth-order valence-corrected chi connectivity index (χ4v) is 4.54. The Morgan fingerprint density at radius 1 is 1.03 bits per heavy atom. The molecule has 0 aliphatic carbocycles. The SMILES string of the molecule is CCOC(=O)c1ccc(-c2ccc(C=C3SC(=Nc4cccc(C(=O)OC)c4)N(CC)C3=O)o2)cc1. The molecule has 36 heavy (non-hydrogen) atoms. The number of esters is 2. The predicted octanol–water partition coefficient (Wildman–Crippen LogP) is 5.53. The van der Waals surface area contributed by atoms with Crippen molar-refractivity contribution in [2.45, 2.75) is 13.8 Å². The third-order valence-corrected chi connectivity index (χ3v) is 6.28. The Morgan fingerprint density at radius 2 is 1.81 bits per heavy atom. The third-order valence-electron chi connectivity index (χ3n) is 5.28. The summed E-state index contributed by atoms with van der Waals surface area (Å²) < 4.78 is 15.7. The van der Waals surface area contributed by atoms with Crippen LogP contribution in [0.15, 0.2) is 75.0 Å². The number of ether oxygens (including phenoxy) is 2. The number of benzene rings is 2. The Bertz CT molecular complexity index is 1360. The van der Waals surface area contributed by atoms with E-state index < -0.39 is 5.97 Å². The van der Waals surface area contributed by atoms with Crippen LogP contribution in [0.25, 0.3) is 17.4 Å². The minimum atomic E-state index is -0.454. The maximum Gasteiger partial charge on any atom is 0.338 e. The van der Waals surface area contributed by atoms with Crippen molar-refractivity contribution in [1.82, 2.24) is 4.90 Å². The highest BCUT2D eigenvalue weighted by Gasteiger charge is 2.32. The van der Waals surface area contributed by atoms with Crippen LogP contribution in [0, 0.1) is 0 Å². The quantitative estimate of drug-likeness (QED) is 0.308. The van der Waals surface area contributed by atoms with Crippen LogP contribution in [0.4, 0.5) is 5.69 Å². The van der Waals surface area contributed by atoms with E-state index in [2.05, 4.69) is 4.99 Å². The van der Waals surface area contributed by atoms with Crippen molar-refractivity contribution in [2.24, 2.45) is 4.99 Å². The van der Waals surface area contributed by atoms with E-state index in [-0.39, 0.29) is 11.9 Å². The van der Waals surface area contributed by atoms with Crippen molar-refractivity contribution in [2.75, 3.05) is 20.3 Å². The van der Waals surface area contributed by atoms with Crippen molar-refractivity contribution in [1.29, 1.82) is 0 Å². The third kappa shape index (κ3) is 5.41. The molecule has 1 aliphatic heterocycles. The fraction of sp³-hybridized carbons (Fsp3) is 0.185. The van der Waals surface area contributed by atoms with Crippen molar-refractivity contribution < 1.29 is 28.3 Å². The van der Waals surface area contributed by atoms with Crippen LogP contribution in [0.3, 0.4) is 0 Å². The van der Waals surface area contributed by atoms with E-state index >= 15 is 0 Å². The molecule has 1 aliphatic rings. The maximum absolute atomic E-state index is 13.0. The highest BCUT2D eigenvalue weighted by Crippen LogP contribution is 2.35. The van der Waals surface area contributed by atoms with Gasteiger partial charge in [-0.1, -0.05) is 18.2 Å². The van der Waals surface area contributed by atoms with Gasteiger partial charge < -0.3 is 13.9 Å².